The molecule has 5 heteroatoms. The number of hydrogen-bond donors (Lipinski definition) is 2. The van der Waals surface area contributed by atoms with E-state index in [1.54, 1.807) is 0 Å². The topological polar surface area (TPSA) is 41.1 Å². The van der Waals surface area contributed by atoms with Gasteiger partial charge < -0.3 is 5.32 Å². The summed E-state index contributed by atoms with van der Waals surface area (Å²) in [6.07, 6.45) is 0. The van der Waals surface area contributed by atoms with Crippen LogP contribution in [0.2, 0.25) is 0 Å². The highest BCUT2D eigenvalue weighted by Gasteiger charge is 2.18. The van der Waals surface area contributed by atoms with Crippen LogP contribution in [-0.2, 0) is 5.41 Å². The molecule has 0 saturated carbocycles. The van der Waals surface area contributed by atoms with Gasteiger partial charge in [-0.15, -0.1) is 0 Å². The molecule has 0 saturated heterocycles. The summed E-state index contributed by atoms with van der Waals surface area (Å²) in [5.74, 6) is -0.236. The van der Waals surface area contributed by atoms with Crippen LogP contribution >= 0.6 is 28.1 Å². The first-order valence-electron chi connectivity index (χ1n) is 7.25. The number of rotatable bonds is 2. The van der Waals surface area contributed by atoms with Crippen molar-refractivity contribution in [3.8, 4) is 0 Å². The van der Waals surface area contributed by atoms with Gasteiger partial charge in [-0.25, -0.2) is 0 Å². The van der Waals surface area contributed by atoms with Crippen molar-refractivity contribution in [3.05, 3.63) is 64.1 Å². The standard InChI is InChI=1S/C18H19BrN2OS/c1-18(2,3)14-10-9-12(11-15(14)19)16(22)21-17(23)20-13-7-5-4-6-8-13/h4-11H,1-3H3,(H2,20,21,22,23). The number of benzene rings is 2. The lowest BCUT2D eigenvalue weighted by atomic mass is 9.86. The minimum Gasteiger partial charge on any atom is -0.332 e. The fourth-order valence-corrected chi connectivity index (χ4v) is 3.31. The molecule has 1 amide bonds. The van der Waals surface area contributed by atoms with Gasteiger partial charge in [-0.3, -0.25) is 10.1 Å². The van der Waals surface area contributed by atoms with E-state index in [1.807, 2.05) is 48.5 Å². The van der Waals surface area contributed by atoms with Crippen LogP contribution in [0.3, 0.4) is 0 Å². The lowest BCUT2D eigenvalue weighted by molar-refractivity contribution is 0.0977. The van der Waals surface area contributed by atoms with Gasteiger partial charge in [0.25, 0.3) is 5.91 Å². The lowest BCUT2D eigenvalue weighted by Crippen LogP contribution is -2.34. The Labute approximate surface area is 150 Å². The molecule has 2 N–H and O–H groups in total. The van der Waals surface area contributed by atoms with Crippen molar-refractivity contribution in [2.75, 3.05) is 5.32 Å². The normalized spacial score (nSPS) is 11.0. The Morgan fingerprint density at radius 3 is 2.30 bits per heavy atom. The first-order valence-corrected chi connectivity index (χ1v) is 8.45. The van der Waals surface area contributed by atoms with Crippen LogP contribution in [0.15, 0.2) is 53.0 Å². The highest BCUT2D eigenvalue weighted by Crippen LogP contribution is 2.30. The Morgan fingerprint density at radius 2 is 1.74 bits per heavy atom. The van der Waals surface area contributed by atoms with Gasteiger partial charge in [0.2, 0.25) is 0 Å². The second-order valence-corrected chi connectivity index (χ2v) is 7.48. The van der Waals surface area contributed by atoms with Crippen LogP contribution in [0.5, 0.6) is 0 Å². The van der Waals surface area contributed by atoms with Crippen molar-refractivity contribution in [1.82, 2.24) is 5.32 Å². The average Bonchev–Trinajstić information content (AvgIpc) is 2.46. The fourth-order valence-electron chi connectivity index (χ4n) is 2.12. The number of halogens is 1. The van der Waals surface area contributed by atoms with Crippen LogP contribution in [0.1, 0.15) is 36.7 Å². The van der Waals surface area contributed by atoms with Gasteiger partial charge in [-0.05, 0) is 47.5 Å². The zero-order valence-corrected chi connectivity index (χ0v) is 15.7. The summed E-state index contributed by atoms with van der Waals surface area (Å²) in [6, 6.07) is 15.1. The Balaban J connectivity index is 2.06. The second kappa shape index (κ2) is 7.23. The van der Waals surface area contributed by atoms with Crippen LogP contribution in [0.4, 0.5) is 5.69 Å². The van der Waals surface area contributed by atoms with E-state index in [4.69, 9.17) is 12.2 Å². The quantitative estimate of drug-likeness (QED) is 0.718. The second-order valence-electron chi connectivity index (χ2n) is 6.22. The number of para-hydroxylation sites is 1. The third-order valence-corrected chi connectivity index (χ3v) is 4.16. The van der Waals surface area contributed by atoms with Crippen LogP contribution < -0.4 is 10.6 Å². The largest absolute Gasteiger partial charge is 0.332 e. The summed E-state index contributed by atoms with van der Waals surface area (Å²) in [4.78, 5) is 12.3. The summed E-state index contributed by atoms with van der Waals surface area (Å²) in [7, 11) is 0. The summed E-state index contributed by atoms with van der Waals surface area (Å²) in [5, 5.41) is 5.95. The summed E-state index contributed by atoms with van der Waals surface area (Å²) in [5.41, 5.74) is 2.56. The van der Waals surface area contributed by atoms with E-state index in [-0.39, 0.29) is 16.4 Å². The zero-order chi connectivity index (χ0) is 17.0. The van der Waals surface area contributed by atoms with E-state index in [0.717, 1.165) is 15.7 Å². The van der Waals surface area contributed by atoms with Crippen molar-refractivity contribution >= 4 is 44.9 Å². The maximum atomic E-state index is 12.3. The van der Waals surface area contributed by atoms with Crippen molar-refractivity contribution in [1.29, 1.82) is 0 Å². The third-order valence-electron chi connectivity index (χ3n) is 3.30. The van der Waals surface area contributed by atoms with Gasteiger partial charge in [-0.1, -0.05) is 61.0 Å². The fraction of sp³-hybridized carbons (Fsp3) is 0.222. The number of carbonyl (C=O) groups excluding carboxylic acids is 1. The SMILES string of the molecule is CC(C)(C)c1ccc(C(=O)NC(=S)Nc2ccccc2)cc1Br. The molecule has 0 fully saturated rings. The highest BCUT2D eigenvalue weighted by molar-refractivity contribution is 9.10. The van der Waals surface area contributed by atoms with Gasteiger partial charge in [0.1, 0.15) is 0 Å². The molecular formula is C18H19BrN2OS. The van der Waals surface area contributed by atoms with Crippen LogP contribution in [0.25, 0.3) is 0 Å². The number of hydrogen-bond acceptors (Lipinski definition) is 2. The molecule has 0 atom stereocenters. The van der Waals surface area contributed by atoms with Crippen LogP contribution in [-0.4, -0.2) is 11.0 Å². The molecule has 3 nitrogen and oxygen atoms in total. The molecule has 0 aliphatic heterocycles. The Bertz CT molecular complexity index is 724. The molecule has 0 bridgehead atoms. The molecule has 0 spiro atoms. The van der Waals surface area contributed by atoms with Gasteiger partial charge in [0.15, 0.2) is 5.11 Å². The molecule has 2 aromatic carbocycles. The molecule has 120 valence electrons. The molecule has 0 aliphatic rings. The number of anilines is 1. The molecule has 2 rings (SSSR count). The van der Waals surface area contributed by atoms with E-state index < -0.39 is 0 Å². The zero-order valence-electron chi connectivity index (χ0n) is 13.3. The van der Waals surface area contributed by atoms with Crippen LogP contribution in [0, 0.1) is 0 Å². The van der Waals surface area contributed by atoms with E-state index >= 15 is 0 Å². The molecule has 0 heterocycles. The van der Waals surface area contributed by atoms with E-state index in [1.165, 1.54) is 0 Å². The first-order chi connectivity index (χ1) is 10.8. The first kappa shape index (κ1) is 17.6. The van der Waals surface area contributed by atoms with E-state index in [9.17, 15) is 4.79 Å². The smallest absolute Gasteiger partial charge is 0.257 e. The summed E-state index contributed by atoms with van der Waals surface area (Å²) < 4.78 is 0.916. The summed E-state index contributed by atoms with van der Waals surface area (Å²) >= 11 is 8.72. The predicted octanol–water partition coefficient (Wildman–Crippen LogP) is 4.87. The highest BCUT2D eigenvalue weighted by atomic mass is 79.9. The molecule has 0 radical (unpaired) electrons. The Hall–Kier alpha value is -1.72. The monoisotopic (exact) mass is 390 g/mol. The summed E-state index contributed by atoms with van der Waals surface area (Å²) in [6.45, 7) is 6.39. The number of nitrogens with one attached hydrogen (secondary N) is 2. The van der Waals surface area contributed by atoms with Crippen molar-refractivity contribution in [2.45, 2.75) is 26.2 Å². The van der Waals surface area contributed by atoms with E-state index in [2.05, 4.69) is 47.3 Å². The molecule has 23 heavy (non-hydrogen) atoms. The van der Waals surface area contributed by atoms with E-state index in [0.29, 0.717) is 5.56 Å². The van der Waals surface area contributed by atoms with Crippen molar-refractivity contribution in [3.63, 3.8) is 0 Å². The van der Waals surface area contributed by atoms with Crippen molar-refractivity contribution in [2.24, 2.45) is 0 Å². The minimum absolute atomic E-state index is 0.0119. The average molecular weight is 391 g/mol. The number of carbonyl (C=O) groups is 1. The number of thiocarbonyl (C=S) groups is 1. The molecule has 0 aromatic heterocycles. The van der Waals surface area contributed by atoms with Gasteiger partial charge in [0, 0.05) is 15.7 Å². The van der Waals surface area contributed by atoms with Crippen molar-refractivity contribution < 1.29 is 4.79 Å². The number of amides is 1. The van der Waals surface area contributed by atoms with Gasteiger partial charge in [-0.2, -0.15) is 0 Å². The Kier molecular flexibility index (Phi) is 5.55. The lowest BCUT2D eigenvalue weighted by Gasteiger charge is -2.21. The maximum Gasteiger partial charge on any atom is 0.257 e. The van der Waals surface area contributed by atoms with Gasteiger partial charge >= 0.3 is 0 Å². The molecule has 2 aromatic rings. The molecule has 0 unspecified atom stereocenters. The third kappa shape index (κ3) is 4.88. The molecular weight excluding hydrogens is 372 g/mol. The Morgan fingerprint density at radius 1 is 1.09 bits per heavy atom. The van der Waals surface area contributed by atoms with Gasteiger partial charge in [0.05, 0.1) is 0 Å². The minimum atomic E-state index is -0.236. The maximum absolute atomic E-state index is 12.3. The predicted molar refractivity (Wildman–Crippen MR) is 103 cm³/mol. The molecule has 0 aliphatic carbocycles.